The van der Waals surface area contributed by atoms with Gasteiger partial charge in [0.25, 0.3) is 0 Å². The summed E-state index contributed by atoms with van der Waals surface area (Å²) in [6.07, 6.45) is 0. The third-order valence-electron chi connectivity index (χ3n) is 3.34. The first-order valence-electron chi connectivity index (χ1n) is 7.07. The van der Waals surface area contributed by atoms with Gasteiger partial charge in [0.1, 0.15) is 5.75 Å². The minimum absolute atomic E-state index is 0.694. The van der Waals surface area contributed by atoms with Crippen molar-refractivity contribution in [1.82, 2.24) is 20.1 Å². The van der Waals surface area contributed by atoms with Crippen molar-refractivity contribution in [2.24, 2.45) is 7.05 Å². The molecule has 0 bridgehead atoms. The summed E-state index contributed by atoms with van der Waals surface area (Å²) in [6.45, 7) is 3.43. The monoisotopic (exact) mass is 314 g/mol. The predicted molar refractivity (Wildman–Crippen MR) is 87.1 cm³/mol. The van der Waals surface area contributed by atoms with Gasteiger partial charge in [0.15, 0.2) is 0 Å². The Morgan fingerprint density at radius 3 is 2.77 bits per heavy atom. The van der Waals surface area contributed by atoms with E-state index in [1.165, 1.54) is 0 Å². The molecule has 0 aliphatic carbocycles. The molecule has 3 rings (SSSR count). The molecule has 3 aromatic rings. The molecule has 1 aromatic carbocycles. The minimum atomic E-state index is 0.694. The molecule has 0 atom stereocenters. The lowest BCUT2D eigenvalue weighted by Crippen LogP contribution is -2.13. The molecule has 0 fully saturated rings. The second-order valence-electron chi connectivity index (χ2n) is 4.99. The Hall–Kier alpha value is -2.18. The number of para-hydroxylation sites is 1. The number of benzene rings is 1. The summed E-state index contributed by atoms with van der Waals surface area (Å²) in [7, 11) is 1.90. The number of hydrogen-bond acceptors (Lipinski definition) is 5. The Kier molecular flexibility index (Phi) is 4.50. The van der Waals surface area contributed by atoms with E-state index in [4.69, 9.17) is 4.74 Å². The summed E-state index contributed by atoms with van der Waals surface area (Å²) >= 11 is 1.61. The molecule has 0 radical (unpaired) electrons. The normalized spacial score (nSPS) is 10.8. The molecule has 2 heterocycles. The molecule has 2 aromatic heterocycles. The van der Waals surface area contributed by atoms with Crippen molar-refractivity contribution in [2.45, 2.75) is 20.0 Å². The standard InChI is InChI=1S/C16H18N4OS/c1-12-15(9-17-8-13-10-22-11-18-13)16(20(2)19-12)21-14-6-4-3-5-7-14/h3-7,10-11,17H,8-9H2,1-2H3. The highest BCUT2D eigenvalue weighted by molar-refractivity contribution is 7.07. The van der Waals surface area contributed by atoms with E-state index < -0.39 is 0 Å². The maximum atomic E-state index is 6.00. The lowest BCUT2D eigenvalue weighted by Gasteiger charge is -2.09. The highest BCUT2D eigenvalue weighted by Crippen LogP contribution is 2.26. The van der Waals surface area contributed by atoms with Gasteiger partial charge in [-0.25, -0.2) is 9.67 Å². The number of ether oxygens (including phenoxy) is 1. The largest absolute Gasteiger partial charge is 0.439 e. The van der Waals surface area contributed by atoms with Gasteiger partial charge in [-0.15, -0.1) is 11.3 Å². The molecular weight excluding hydrogens is 296 g/mol. The SMILES string of the molecule is Cc1nn(C)c(Oc2ccccc2)c1CNCc1cscn1. The Morgan fingerprint density at radius 2 is 2.05 bits per heavy atom. The summed E-state index contributed by atoms with van der Waals surface area (Å²) in [6, 6.07) is 9.76. The smallest absolute Gasteiger partial charge is 0.222 e. The fraction of sp³-hybridized carbons (Fsp3) is 0.250. The van der Waals surface area contributed by atoms with Crippen LogP contribution in [0.5, 0.6) is 11.6 Å². The van der Waals surface area contributed by atoms with Gasteiger partial charge in [0.05, 0.1) is 22.5 Å². The van der Waals surface area contributed by atoms with Crippen LogP contribution in [0, 0.1) is 6.92 Å². The summed E-state index contributed by atoms with van der Waals surface area (Å²) in [4.78, 5) is 4.27. The van der Waals surface area contributed by atoms with Crippen molar-refractivity contribution in [2.75, 3.05) is 0 Å². The highest BCUT2D eigenvalue weighted by atomic mass is 32.1. The first kappa shape index (κ1) is 14.7. The zero-order valence-corrected chi connectivity index (χ0v) is 13.4. The van der Waals surface area contributed by atoms with Gasteiger partial charge >= 0.3 is 0 Å². The number of nitrogens with one attached hydrogen (secondary N) is 1. The second-order valence-corrected chi connectivity index (χ2v) is 5.71. The maximum absolute atomic E-state index is 6.00. The number of thiazole rings is 1. The average Bonchev–Trinajstić information content (AvgIpc) is 3.12. The molecular formula is C16H18N4OS. The van der Waals surface area contributed by atoms with Gasteiger partial charge < -0.3 is 10.1 Å². The van der Waals surface area contributed by atoms with Crippen molar-refractivity contribution in [3.05, 3.63) is 58.2 Å². The number of aromatic nitrogens is 3. The topological polar surface area (TPSA) is 52.0 Å². The fourth-order valence-corrected chi connectivity index (χ4v) is 2.81. The van der Waals surface area contributed by atoms with Gasteiger partial charge in [0, 0.05) is 25.5 Å². The van der Waals surface area contributed by atoms with Crippen LogP contribution in [-0.4, -0.2) is 14.8 Å². The lowest BCUT2D eigenvalue weighted by molar-refractivity contribution is 0.423. The van der Waals surface area contributed by atoms with E-state index in [9.17, 15) is 0 Å². The molecule has 5 nitrogen and oxygen atoms in total. The Morgan fingerprint density at radius 1 is 1.23 bits per heavy atom. The van der Waals surface area contributed by atoms with E-state index in [0.717, 1.165) is 35.1 Å². The molecule has 1 N–H and O–H groups in total. The molecule has 22 heavy (non-hydrogen) atoms. The van der Waals surface area contributed by atoms with Crippen LogP contribution in [-0.2, 0) is 20.1 Å². The first-order valence-corrected chi connectivity index (χ1v) is 8.01. The molecule has 6 heteroatoms. The van der Waals surface area contributed by atoms with Gasteiger partial charge in [-0.3, -0.25) is 0 Å². The predicted octanol–water partition coefficient (Wildman–Crippen LogP) is 3.27. The van der Waals surface area contributed by atoms with E-state index in [1.807, 2.05) is 55.2 Å². The van der Waals surface area contributed by atoms with E-state index in [0.29, 0.717) is 6.54 Å². The molecule has 0 unspecified atom stereocenters. The van der Waals surface area contributed by atoms with E-state index in [2.05, 4.69) is 15.4 Å². The minimum Gasteiger partial charge on any atom is -0.439 e. The number of nitrogens with zero attached hydrogens (tertiary/aromatic N) is 3. The van der Waals surface area contributed by atoms with Gasteiger partial charge in [0.2, 0.25) is 5.88 Å². The second kappa shape index (κ2) is 6.72. The summed E-state index contributed by atoms with van der Waals surface area (Å²) in [5, 5.41) is 9.90. The van der Waals surface area contributed by atoms with Crippen LogP contribution < -0.4 is 10.1 Å². The maximum Gasteiger partial charge on any atom is 0.222 e. The van der Waals surface area contributed by atoms with Crippen molar-refractivity contribution >= 4 is 11.3 Å². The Balaban J connectivity index is 1.72. The zero-order chi connectivity index (χ0) is 15.4. The first-order chi connectivity index (χ1) is 10.7. The summed E-state index contributed by atoms with van der Waals surface area (Å²) < 4.78 is 7.78. The number of hydrogen-bond donors (Lipinski definition) is 1. The zero-order valence-electron chi connectivity index (χ0n) is 12.6. The third-order valence-corrected chi connectivity index (χ3v) is 3.97. The van der Waals surface area contributed by atoms with Crippen LogP contribution in [0.2, 0.25) is 0 Å². The van der Waals surface area contributed by atoms with Crippen LogP contribution in [0.4, 0.5) is 0 Å². The van der Waals surface area contributed by atoms with Crippen LogP contribution in [0.1, 0.15) is 17.0 Å². The number of aryl methyl sites for hydroxylation is 2. The van der Waals surface area contributed by atoms with Crippen molar-refractivity contribution < 1.29 is 4.74 Å². The fourth-order valence-electron chi connectivity index (χ4n) is 2.25. The van der Waals surface area contributed by atoms with Crippen LogP contribution >= 0.6 is 11.3 Å². The third kappa shape index (κ3) is 3.35. The molecule has 114 valence electrons. The summed E-state index contributed by atoms with van der Waals surface area (Å²) in [5.74, 6) is 1.58. The van der Waals surface area contributed by atoms with Crippen LogP contribution in [0.25, 0.3) is 0 Å². The highest BCUT2D eigenvalue weighted by Gasteiger charge is 2.15. The van der Waals surface area contributed by atoms with Crippen molar-refractivity contribution in [3.8, 4) is 11.6 Å². The molecule has 0 amide bonds. The van der Waals surface area contributed by atoms with Crippen LogP contribution in [0.3, 0.4) is 0 Å². The molecule has 0 saturated heterocycles. The van der Waals surface area contributed by atoms with Crippen LogP contribution in [0.15, 0.2) is 41.2 Å². The van der Waals surface area contributed by atoms with Gasteiger partial charge in [-0.2, -0.15) is 5.10 Å². The molecule has 0 saturated carbocycles. The molecule has 0 spiro atoms. The van der Waals surface area contributed by atoms with Gasteiger partial charge in [-0.1, -0.05) is 18.2 Å². The Bertz CT molecular complexity index is 722. The van der Waals surface area contributed by atoms with Crippen molar-refractivity contribution in [1.29, 1.82) is 0 Å². The van der Waals surface area contributed by atoms with Gasteiger partial charge in [-0.05, 0) is 19.1 Å². The summed E-state index contributed by atoms with van der Waals surface area (Å²) in [5.41, 5.74) is 4.94. The lowest BCUT2D eigenvalue weighted by atomic mass is 10.2. The Labute approximate surface area is 133 Å². The molecule has 0 aliphatic heterocycles. The van der Waals surface area contributed by atoms with E-state index >= 15 is 0 Å². The average molecular weight is 314 g/mol. The van der Waals surface area contributed by atoms with Crippen molar-refractivity contribution in [3.63, 3.8) is 0 Å². The number of rotatable bonds is 6. The molecule has 0 aliphatic rings. The van der Waals surface area contributed by atoms with E-state index in [1.54, 1.807) is 16.0 Å². The van der Waals surface area contributed by atoms with E-state index in [-0.39, 0.29) is 0 Å². The quantitative estimate of drug-likeness (QED) is 0.759.